The minimum absolute atomic E-state index is 0.0446. The number of carbonyl (C=O) groups is 1. The summed E-state index contributed by atoms with van der Waals surface area (Å²) in [6.45, 7) is 3.89. The van der Waals surface area contributed by atoms with E-state index in [1.165, 1.54) is 0 Å². The SMILES string of the molecule is CCOC(=O)C1=C(N)OC(c2ccccc2)=C(C#N)[C@H]1c1ccc(C)cc1. The molecule has 0 fully saturated rings. The fourth-order valence-electron chi connectivity index (χ4n) is 3.08. The monoisotopic (exact) mass is 360 g/mol. The Hall–Kier alpha value is -3.52. The van der Waals surface area contributed by atoms with Crippen molar-refractivity contribution in [2.45, 2.75) is 19.8 Å². The third-order valence-corrected chi connectivity index (χ3v) is 4.36. The van der Waals surface area contributed by atoms with E-state index in [-0.39, 0.29) is 18.1 Å². The van der Waals surface area contributed by atoms with Gasteiger partial charge in [-0.1, -0.05) is 60.2 Å². The lowest BCUT2D eigenvalue weighted by molar-refractivity contribution is -0.139. The molecule has 0 bridgehead atoms. The lowest BCUT2D eigenvalue weighted by Gasteiger charge is -2.28. The molecule has 0 amide bonds. The highest BCUT2D eigenvalue weighted by Gasteiger charge is 2.37. The van der Waals surface area contributed by atoms with Crippen molar-refractivity contribution in [1.82, 2.24) is 0 Å². The van der Waals surface area contributed by atoms with E-state index in [1.807, 2.05) is 61.5 Å². The first-order valence-corrected chi connectivity index (χ1v) is 8.67. The van der Waals surface area contributed by atoms with Crippen LogP contribution in [-0.4, -0.2) is 12.6 Å². The summed E-state index contributed by atoms with van der Waals surface area (Å²) in [6.07, 6.45) is 0. The van der Waals surface area contributed by atoms with E-state index in [0.29, 0.717) is 11.3 Å². The molecule has 0 radical (unpaired) electrons. The van der Waals surface area contributed by atoms with Gasteiger partial charge in [0.1, 0.15) is 5.57 Å². The van der Waals surface area contributed by atoms with Crippen molar-refractivity contribution in [3.63, 3.8) is 0 Å². The lowest BCUT2D eigenvalue weighted by Crippen LogP contribution is -2.26. The first-order chi connectivity index (χ1) is 13.1. The van der Waals surface area contributed by atoms with Crippen molar-refractivity contribution in [1.29, 1.82) is 5.26 Å². The Morgan fingerprint density at radius 2 is 1.85 bits per heavy atom. The Labute approximate surface area is 158 Å². The highest BCUT2D eigenvalue weighted by atomic mass is 16.5. The molecule has 5 nitrogen and oxygen atoms in total. The molecule has 2 N–H and O–H groups in total. The van der Waals surface area contributed by atoms with E-state index in [1.54, 1.807) is 6.92 Å². The summed E-state index contributed by atoms with van der Waals surface area (Å²) in [7, 11) is 0. The summed E-state index contributed by atoms with van der Waals surface area (Å²) in [6, 6.07) is 19.1. The van der Waals surface area contributed by atoms with E-state index in [2.05, 4.69) is 6.07 Å². The van der Waals surface area contributed by atoms with Crippen molar-refractivity contribution < 1.29 is 14.3 Å². The highest BCUT2D eigenvalue weighted by Crippen LogP contribution is 2.42. The molecule has 27 heavy (non-hydrogen) atoms. The zero-order valence-corrected chi connectivity index (χ0v) is 15.2. The molecule has 0 spiro atoms. The van der Waals surface area contributed by atoms with Crippen molar-refractivity contribution in [2.75, 3.05) is 6.61 Å². The highest BCUT2D eigenvalue weighted by molar-refractivity contribution is 5.94. The van der Waals surface area contributed by atoms with E-state index >= 15 is 0 Å². The van der Waals surface area contributed by atoms with Crippen LogP contribution in [0.15, 0.2) is 71.6 Å². The number of rotatable bonds is 4. The van der Waals surface area contributed by atoms with E-state index in [9.17, 15) is 10.1 Å². The zero-order chi connectivity index (χ0) is 19.4. The number of benzene rings is 2. The van der Waals surface area contributed by atoms with Crippen LogP contribution in [0.25, 0.3) is 5.76 Å². The molecule has 0 aliphatic carbocycles. The van der Waals surface area contributed by atoms with E-state index < -0.39 is 11.9 Å². The van der Waals surface area contributed by atoms with Crippen molar-refractivity contribution >= 4 is 11.7 Å². The van der Waals surface area contributed by atoms with Gasteiger partial charge in [-0.3, -0.25) is 0 Å². The number of esters is 1. The number of nitrogens with two attached hydrogens (primary N) is 1. The van der Waals surface area contributed by atoms with Gasteiger partial charge < -0.3 is 15.2 Å². The normalized spacial score (nSPS) is 16.6. The Morgan fingerprint density at radius 1 is 1.19 bits per heavy atom. The van der Waals surface area contributed by atoms with Crippen LogP contribution in [0.2, 0.25) is 0 Å². The lowest BCUT2D eigenvalue weighted by atomic mass is 9.82. The van der Waals surface area contributed by atoms with Crippen LogP contribution in [-0.2, 0) is 14.3 Å². The number of ether oxygens (including phenoxy) is 2. The summed E-state index contributed by atoms with van der Waals surface area (Å²) < 4.78 is 10.9. The fourth-order valence-corrected chi connectivity index (χ4v) is 3.08. The van der Waals surface area contributed by atoms with Crippen molar-refractivity contribution in [3.05, 3.63) is 88.3 Å². The Morgan fingerprint density at radius 3 is 2.44 bits per heavy atom. The first-order valence-electron chi connectivity index (χ1n) is 8.67. The van der Waals surface area contributed by atoms with Crippen molar-refractivity contribution in [2.24, 2.45) is 5.73 Å². The molecule has 1 heterocycles. The molecular formula is C22H20N2O3. The first kappa shape index (κ1) is 18.3. The third kappa shape index (κ3) is 3.56. The summed E-state index contributed by atoms with van der Waals surface area (Å²) in [4.78, 5) is 12.6. The summed E-state index contributed by atoms with van der Waals surface area (Å²) in [5.74, 6) is -0.926. The van der Waals surface area contributed by atoms with Crippen LogP contribution in [0.3, 0.4) is 0 Å². The van der Waals surface area contributed by atoms with E-state index in [4.69, 9.17) is 15.2 Å². The average molecular weight is 360 g/mol. The minimum atomic E-state index is -0.654. The van der Waals surface area contributed by atoms with Crippen LogP contribution in [0.1, 0.15) is 29.5 Å². The smallest absolute Gasteiger partial charge is 0.340 e. The van der Waals surface area contributed by atoms with Gasteiger partial charge in [-0.25, -0.2) is 4.79 Å². The summed E-state index contributed by atoms with van der Waals surface area (Å²) in [5.41, 5.74) is 9.17. The second kappa shape index (κ2) is 7.79. The molecule has 0 saturated heterocycles. The van der Waals surface area contributed by atoms with Gasteiger partial charge in [0.05, 0.1) is 24.2 Å². The van der Waals surface area contributed by atoms with Gasteiger partial charge in [0.25, 0.3) is 0 Å². The molecule has 0 aromatic heterocycles. The third-order valence-electron chi connectivity index (χ3n) is 4.36. The number of nitriles is 1. The van der Waals surface area contributed by atoms with Gasteiger partial charge in [0.2, 0.25) is 5.88 Å². The molecule has 0 saturated carbocycles. The topological polar surface area (TPSA) is 85.3 Å². The van der Waals surface area contributed by atoms with Crippen LogP contribution >= 0.6 is 0 Å². The Bertz CT molecular complexity index is 951. The van der Waals surface area contributed by atoms with Gasteiger partial charge in [-0.05, 0) is 19.4 Å². The quantitative estimate of drug-likeness (QED) is 0.839. The molecule has 2 aromatic carbocycles. The predicted molar refractivity (Wildman–Crippen MR) is 102 cm³/mol. The van der Waals surface area contributed by atoms with Crippen LogP contribution in [0.4, 0.5) is 0 Å². The largest absolute Gasteiger partial charge is 0.462 e. The number of carbonyl (C=O) groups excluding carboxylic acids is 1. The molecule has 1 atom stereocenters. The maximum absolute atomic E-state index is 12.6. The Kier molecular flexibility index (Phi) is 5.28. The molecule has 1 aliphatic rings. The zero-order valence-electron chi connectivity index (χ0n) is 15.2. The second-order valence-electron chi connectivity index (χ2n) is 6.16. The van der Waals surface area contributed by atoms with E-state index in [0.717, 1.165) is 16.7 Å². The number of aryl methyl sites for hydroxylation is 1. The maximum Gasteiger partial charge on any atom is 0.340 e. The molecule has 136 valence electrons. The molecule has 3 rings (SSSR count). The minimum Gasteiger partial charge on any atom is -0.462 e. The second-order valence-corrected chi connectivity index (χ2v) is 6.16. The predicted octanol–water partition coefficient (Wildman–Crippen LogP) is 3.78. The molecule has 0 unspecified atom stereocenters. The van der Waals surface area contributed by atoms with Gasteiger partial charge in [-0.15, -0.1) is 0 Å². The number of hydrogen-bond donors (Lipinski definition) is 1. The molecular weight excluding hydrogens is 340 g/mol. The van der Waals surface area contributed by atoms with Crippen LogP contribution in [0, 0.1) is 18.3 Å². The van der Waals surface area contributed by atoms with Gasteiger partial charge in [-0.2, -0.15) is 5.26 Å². The van der Waals surface area contributed by atoms with Gasteiger partial charge in [0.15, 0.2) is 5.76 Å². The number of nitrogens with zero attached hydrogens (tertiary/aromatic N) is 1. The standard InChI is InChI=1S/C22H20N2O3/c1-3-26-22(25)19-18(15-11-9-14(2)10-12-15)17(13-23)20(27-21(19)24)16-7-5-4-6-8-16/h4-12,18H,3,24H2,1-2H3/t18-/m1/s1. The summed E-state index contributed by atoms with van der Waals surface area (Å²) >= 11 is 0. The molecule has 5 heteroatoms. The van der Waals surface area contributed by atoms with Crippen LogP contribution < -0.4 is 5.73 Å². The molecule has 1 aliphatic heterocycles. The van der Waals surface area contributed by atoms with Gasteiger partial charge >= 0.3 is 5.97 Å². The number of hydrogen-bond acceptors (Lipinski definition) is 5. The fraction of sp³-hybridized carbons (Fsp3) is 0.182. The Balaban J connectivity index is 2.22. The average Bonchev–Trinajstić information content (AvgIpc) is 2.68. The maximum atomic E-state index is 12.6. The number of allylic oxidation sites excluding steroid dienone is 1. The van der Waals surface area contributed by atoms with Gasteiger partial charge in [0, 0.05) is 5.56 Å². The summed E-state index contributed by atoms with van der Waals surface area (Å²) in [5, 5.41) is 9.92. The van der Waals surface area contributed by atoms with Crippen molar-refractivity contribution in [3.8, 4) is 6.07 Å². The van der Waals surface area contributed by atoms with Crippen LogP contribution in [0.5, 0.6) is 0 Å². The molecule has 2 aromatic rings.